The Morgan fingerprint density at radius 2 is 0.593 bits per heavy atom. The first-order valence-electron chi connectivity index (χ1n) is 26.1. The summed E-state index contributed by atoms with van der Waals surface area (Å²) >= 11 is 0. The number of carbonyl (C=O) groups is 3. The van der Waals surface area contributed by atoms with E-state index in [1.807, 2.05) is 0 Å². The van der Waals surface area contributed by atoms with E-state index in [2.05, 4.69) is 41.5 Å². The molecule has 0 heterocycles. The van der Waals surface area contributed by atoms with Gasteiger partial charge in [-0.2, -0.15) is 0 Å². The first-order valence-corrected chi connectivity index (χ1v) is 26.1. The van der Waals surface area contributed by atoms with Gasteiger partial charge in [-0.1, -0.05) is 247 Å². The molecule has 0 saturated heterocycles. The molecule has 0 rings (SSSR count). The van der Waals surface area contributed by atoms with Gasteiger partial charge in [0.05, 0.1) is 0 Å². The van der Waals surface area contributed by atoms with Gasteiger partial charge in [-0.15, -0.1) is 0 Å². The second-order valence-corrected chi connectivity index (χ2v) is 19.4. The van der Waals surface area contributed by atoms with E-state index < -0.39 is 6.10 Å². The molecule has 0 amide bonds. The molecule has 0 aliphatic rings. The van der Waals surface area contributed by atoms with Gasteiger partial charge in [0.1, 0.15) is 13.2 Å². The molecule has 6 nitrogen and oxygen atoms in total. The quantitative estimate of drug-likeness (QED) is 0.0345. The van der Waals surface area contributed by atoms with Crippen LogP contribution in [0.3, 0.4) is 0 Å². The molecule has 0 aromatic heterocycles. The standard InChI is InChI=1S/C53H102O6/c1-7-49(6)41-35-29-25-26-31-37-43-52(55)58-46-50(45-57-51(54)42-36-30-23-20-16-18-22-28-34-40-48(4)5)59-53(56)44-38-32-24-19-15-13-11-9-8-10-12-14-17-21-27-33-39-47(2)3/h47-50H,7-46H2,1-6H3/t49?,50-/m0/s1. The molecule has 0 radical (unpaired) electrons. The van der Waals surface area contributed by atoms with Crippen molar-refractivity contribution in [3.63, 3.8) is 0 Å². The van der Waals surface area contributed by atoms with E-state index in [0.29, 0.717) is 19.3 Å². The predicted octanol–water partition coefficient (Wildman–Crippen LogP) is 16.8. The summed E-state index contributed by atoms with van der Waals surface area (Å²) in [6.45, 7) is 13.7. The van der Waals surface area contributed by atoms with Crippen molar-refractivity contribution in [3.8, 4) is 0 Å². The zero-order chi connectivity index (χ0) is 43.4. The van der Waals surface area contributed by atoms with Crippen LogP contribution in [0.2, 0.25) is 0 Å². The molecule has 0 bridgehead atoms. The molecule has 0 fully saturated rings. The Balaban J connectivity index is 4.27. The van der Waals surface area contributed by atoms with Crippen molar-refractivity contribution < 1.29 is 28.6 Å². The van der Waals surface area contributed by atoms with Crippen molar-refractivity contribution in [1.29, 1.82) is 0 Å². The summed E-state index contributed by atoms with van der Waals surface area (Å²) in [6.07, 6.45) is 43.8. The van der Waals surface area contributed by atoms with Gasteiger partial charge < -0.3 is 14.2 Å². The van der Waals surface area contributed by atoms with Crippen molar-refractivity contribution in [1.82, 2.24) is 0 Å². The fourth-order valence-corrected chi connectivity index (χ4v) is 7.91. The lowest BCUT2D eigenvalue weighted by atomic mass is 10.00. The molecular weight excluding hydrogens is 733 g/mol. The highest BCUT2D eigenvalue weighted by atomic mass is 16.6. The number of hydrogen-bond donors (Lipinski definition) is 0. The molecule has 0 saturated carbocycles. The van der Waals surface area contributed by atoms with E-state index in [-0.39, 0.29) is 31.1 Å². The van der Waals surface area contributed by atoms with E-state index >= 15 is 0 Å². The van der Waals surface area contributed by atoms with Crippen LogP contribution in [0.15, 0.2) is 0 Å². The van der Waals surface area contributed by atoms with E-state index in [4.69, 9.17) is 14.2 Å². The molecule has 350 valence electrons. The summed E-state index contributed by atoms with van der Waals surface area (Å²) < 4.78 is 16.8. The van der Waals surface area contributed by atoms with Crippen molar-refractivity contribution in [2.75, 3.05) is 13.2 Å². The Bertz CT molecular complexity index is 916. The molecule has 59 heavy (non-hydrogen) atoms. The average Bonchev–Trinajstić information content (AvgIpc) is 3.20. The Morgan fingerprint density at radius 3 is 0.881 bits per heavy atom. The van der Waals surface area contributed by atoms with E-state index in [9.17, 15) is 14.4 Å². The maximum absolute atomic E-state index is 12.8. The number of rotatable bonds is 46. The lowest BCUT2D eigenvalue weighted by Crippen LogP contribution is -2.30. The summed E-state index contributed by atoms with van der Waals surface area (Å²) in [5.74, 6) is 1.62. The Hall–Kier alpha value is -1.59. The van der Waals surface area contributed by atoms with Gasteiger partial charge in [0.15, 0.2) is 6.10 Å². The topological polar surface area (TPSA) is 78.9 Å². The first-order chi connectivity index (χ1) is 28.6. The van der Waals surface area contributed by atoms with Crippen LogP contribution < -0.4 is 0 Å². The number of carbonyl (C=O) groups excluding carboxylic acids is 3. The normalized spacial score (nSPS) is 12.6. The fraction of sp³-hybridized carbons (Fsp3) is 0.943. The molecule has 1 unspecified atom stereocenters. The van der Waals surface area contributed by atoms with Crippen molar-refractivity contribution in [2.24, 2.45) is 17.8 Å². The van der Waals surface area contributed by atoms with Crippen molar-refractivity contribution in [2.45, 2.75) is 292 Å². The van der Waals surface area contributed by atoms with Gasteiger partial charge in [0, 0.05) is 19.3 Å². The monoisotopic (exact) mass is 835 g/mol. The smallest absolute Gasteiger partial charge is 0.306 e. The minimum absolute atomic E-state index is 0.0656. The van der Waals surface area contributed by atoms with Crippen molar-refractivity contribution in [3.05, 3.63) is 0 Å². The Morgan fingerprint density at radius 1 is 0.339 bits per heavy atom. The minimum atomic E-state index is -0.763. The van der Waals surface area contributed by atoms with Crippen LogP contribution in [0.5, 0.6) is 0 Å². The average molecular weight is 835 g/mol. The van der Waals surface area contributed by atoms with Crippen LogP contribution in [0, 0.1) is 17.8 Å². The van der Waals surface area contributed by atoms with E-state index in [1.54, 1.807) is 0 Å². The summed E-state index contributed by atoms with van der Waals surface area (Å²) in [6, 6.07) is 0. The molecule has 0 aliphatic carbocycles. The van der Waals surface area contributed by atoms with Gasteiger partial charge >= 0.3 is 17.9 Å². The predicted molar refractivity (Wildman–Crippen MR) is 252 cm³/mol. The summed E-state index contributed by atoms with van der Waals surface area (Å²) in [4.78, 5) is 37.9. The lowest BCUT2D eigenvalue weighted by Gasteiger charge is -2.18. The lowest BCUT2D eigenvalue weighted by molar-refractivity contribution is -0.167. The third kappa shape index (κ3) is 45.8. The summed E-state index contributed by atoms with van der Waals surface area (Å²) in [7, 11) is 0. The molecule has 2 atom stereocenters. The zero-order valence-corrected chi connectivity index (χ0v) is 40.5. The number of unbranched alkanes of at least 4 members (excludes halogenated alkanes) is 28. The molecule has 0 aromatic carbocycles. The van der Waals surface area contributed by atoms with Gasteiger partial charge in [0.2, 0.25) is 0 Å². The van der Waals surface area contributed by atoms with Gasteiger partial charge in [0.25, 0.3) is 0 Å². The molecular formula is C53H102O6. The molecule has 0 aromatic rings. The van der Waals surface area contributed by atoms with Crippen LogP contribution in [0.25, 0.3) is 0 Å². The minimum Gasteiger partial charge on any atom is -0.462 e. The van der Waals surface area contributed by atoms with Crippen LogP contribution >= 0.6 is 0 Å². The molecule has 6 heteroatoms. The number of hydrogen-bond acceptors (Lipinski definition) is 6. The number of esters is 3. The third-order valence-corrected chi connectivity index (χ3v) is 12.3. The van der Waals surface area contributed by atoms with Crippen LogP contribution in [0.1, 0.15) is 286 Å². The summed E-state index contributed by atoms with van der Waals surface area (Å²) in [5.41, 5.74) is 0. The maximum atomic E-state index is 12.8. The van der Waals surface area contributed by atoms with Gasteiger partial charge in [-0.05, 0) is 37.0 Å². The zero-order valence-electron chi connectivity index (χ0n) is 40.5. The van der Waals surface area contributed by atoms with Crippen molar-refractivity contribution >= 4 is 17.9 Å². The molecule has 0 N–H and O–H groups in total. The first kappa shape index (κ1) is 57.4. The highest BCUT2D eigenvalue weighted by Gasteiger charge is 2.19. The van der Waals surface area contributed by atoms with Crippen LogP contribution in [-0.4, -0.2) is 37.2 Å². The second kappa shape index (κ2) is 44.5. The largest absolute Gasteiger partial charge is 0.462 e. The van der Waals surface area contributed by atoms with Gasteiger partial charge in [-0.25, -0.2) is 0 Å². The summed E-state index contributed by atoms with van der Waals surface area (Å²) in [5, 5.41) is 0. The highest BCUT2D eigenvalue weighted by molar-refractivity contribution is 5.71. The Labute approximate surface area is 368 Å². The Kier molecular flexibility index (Phi) is 43.3. The SMILES string of the molecule is CCC(C)CCCCCCCCC(=O)OC[C@H](COC(=O)CCCCCCCCCCCC(C)C)OC(=O)CCCCCCCCCCCCCCCCCCC(C)C. The molecule has 0 spiro atoms. The molecule has 0 aliphatic heterocycles. The van der Waals surface area contributed by atoms with Crippen LogP contribution in [0.4, 0.5) is 0 Å². The second-order valence-electron chi connectivity index (χ2n) is 19.4. The van der Waals surface area contributed by atoms with Gasteiger partial charge in [-0.3, -0.25) is 14.4 Å². The van der Waals surface area contributed by atoms with E-state index in [0.717, 1.165) is 75.5 Å². The fourth-order valence-electron chi connectivity index (χ4n) is 7.91. The maximum Gasteiger partial charge on any atom is 0.306 e. The highest BCUT2D eigenvalue weighted by Crippen LogP contribution is 2.18. The van der Waals surface area contributed by atoms with E-state index in [1.165, 1.54) is 167 Å². The van der Waals surface area contributed by atoms with Crippen LogP contribution in [-0.2, 0) is 28.6 Å². The number of ether oxygens (including phenoxy) is 3. The third-order valence-electron chi connectivity index (χ3n) is 12.3.